The Morgan fingerprint density at radius 1 is 1.08 bits per heavy atom. The molecule has 0 atom stereocenters. The Labute approximate surface area is 231 Å². The highest BCUT2D eigenvalue weighted by molar-refractivity contribution is 7.88. The molecule has 2 fully saturated rings. The van der Waals surface area contributed by atoms with Crippen molar-refractivity contribution in [3.05, 3.63) is 74.6 Å². The number of piperazine rings is 1. The van der Waals surface area contributed by atoms with Gasteiger partial charge in [0.25, 0.3) is 0 Å². The molecule has 2 aliphatic rings. The van der Waals surface area contributed by atoms with Crippen molar-refractivity contribution >= 4 is 44.6 Å². The van der Waals surface area contributed by atoms with Crippen LogP contribution in [0.3, 0.4) is 0 Å². The Morgan fingerprint density at radius 3 is 2.47 bits per heavy atom. The number of aromatic nitrogens is 2. The summed E-state index contributed by atoms with van der Waals surface area (Å²) >= 11 is 12.2. The molecule has 0 spiro atoms. The number of nitrogens with zero attached hydrogens (tertiary/aromatic N) is 4. The zero-order valence-electron chi connectivity index (χ0n) is 20.9. The van der Waals surface area contributed by atoms with Crippen LogP contribution in [0.2, 0.25) is 10.0 Å². The molecule has 0 bridgehead atoms. The third-order valence-electron chi connectivity index (χ3n) is 7.09. The lowest BCUT2D eigenvalue weighted by Gasteiger charge is -2.36. The number of ether oxygens (including phenoxy) is 1. The molecule has 3 aromatic rings. The number of hydrogen-bond donors (Lipinski definition) is 1. The van der Waals surface area contributed by atoms with Crippen LogP contribution < -0.4 is 20.9 Å². The number of rotatable bonds is 8. The summed E-state index contributed by atoms with van der Waals surface area (Å²) in [5, 5.41) is 5.21. The van der Waals surface area contributed by atoms with Crippen LogP contribution in [0.4, 0.5) is 11.4 Å². The summed E-state index contributed by atoms with van der Waals surface area (Å²) in [7, 11) is -3.62. The Morgan fingerprint density at radius 2 is 1.79 bits per heavy atom. The summed E-state index contributed by atoms with van der Waals surface area (Å²) in [4.78, 5) is 15.5. The van der Waals surface area contributed by atoms with Gasteiger partial charge in [-0.15, -0.1) is 0 Å². The fraction of sp³-hybridized carbons (Fsp3) is 0.385. The molecule has 1 aliphatic heterocycles. The van der Waals surface area contributed by atoms with Crippen molar-refractivity contribution < 1.29 is 13.2 Å². The first-order valence-corrected chi connectivity index (χ1v) is 14.7. The molecule has 5 rings (SSSR count). The normalized spacial score (nSPS) is 17.4. The summed E-state index contributed by atoms with van der Waals surface area (Å²) in [6, 6.07) is 11.9. The molecular weight excluding hydrogens is 549 g/mol. The molecule has 0 radical (unpaired) electrons. The number of sulfonamides is 1. The van der Waals surface area contributed by atoms with E-state index in [1.165, 1.54) is 8.99 Å². The number of nitrogens with two attached hydrogens (primary N) is 1. The Hall–Kier alpha value is -2.79. The van der Waals surface area contributed by atoms with Crippen molar-refractivity contribution in [1.29, 1.82) is 0 Å². The number of halogens is 2. The lowest BCUT2D eigenvalue weighted by atomic mass is 10.2. The molecule has 2 N–H and O–H groups in total. The first-order chi connectivity index (χ1) is 18.1. The smallest absolute Gasteiger partial charge is 0.316 e. The number of hydrogen-bond acceptors (Lipinski definition) is 7. The van der Waals surface area contributed by atoms with E-state index in [-0.39, 0.29) is 41.3 Å². The van der Waals surface area contributed by atoms with Gasteiger partial charge in [-0.25, -0.2) is 8.42 Å². The molecule has 12 heteroatoms. The standard InChI is InChI=1S/C26H29Cl2N5O4S/c1-26(8-9-26)17-37-24-22(15-30-33(25(24)34)20-6-3-5-19(27)14-20)31-10-12-32(13-11-31)38(35,36)16-18-4-2-7-21(28)23(18)29/h2-7,14-15H,8-13,16-17,29H2,1H3. The lowest BCUT2D eigenvalue weighted by Crippen LogP contribution is -2.49. The third kappa shape index (κ3) is 5.63. The summed E-state index contributed by atoms with van der Waals surface area (Å²) in [5.41, 5.74) is 7.49. The Kier molecular flexibility index (Phi) is 7.34. The molecule has 2 heterocycles. The van der Waals surface area contributed by atoms with E-state index in [1.54, 1.807) is 48.7 Å². The van der Waals surface area contributed by atoms with Crippen molar-refractivity contribution in [3.63, 3.8) is 0 Å². The van der Waals surface area contributed by atoms with Crippen LogP contribution in [0.25, 0.3) is 5.69 Å². The van der Waals surface area contributed by atoms with E-state index in [0.29, 0.717) is 46.7 Å². The van der Waals surface area contributed by atoms with Gasteiger partial charge >= 0.3 is 5.56 Å². The van der Waals surface area contributed by atoms with E-state index in [1.807, 2.05) is 4.90 Å². The van der Waals surface area contributed by atoms with Gasteiger partial charge in [0.05, 0.1) is 35.0 Å². The van der Waals surface area contributed by atoms with Crippen molar-refractivity contribution in [2.75, 3.05) is 43.4 Å². The fourth-order valence-corrected chi connectivity index (χ4v) is 6.31. The minimum absolute atomic E-state index is 0.0584. The molecule has 0 unspecified atom stereocenters. The van der Waals surface area contributed by atoms with E-state index >= 15 is 0 Å². The summed E-state index contributed by atoms with van der Waals surface area (Å²) in [6.07, 6.45) is 3.69. The summed E-state index contributed by atoms with van der Waals surface area (Å²) < 4.78 is 35.1. The van der Waals surface area contributed by atoms with Crippen LogP contribution >= 0.6 is 23.2 Å². The van der Waals surface area contributed by atoms with E-state index in [0.717, 1.165) is 12.8 Å². The van der Waals surface area contributed by atoms with Crippen molar-refractivity contribution in [2.45, 2.75) is 25.5 Å². The van der Waals surface area contributed by atoms with E-state index in [9.17, 15) is 13.2 Å². The number of benzene rings is 2. The highest BCUT2D eigenvalue weighted by Gasteiger charge is 2.39. The molecule has 1 saturated carbocycles. The van der Waals surface area contributed by atoms with Gasteiger partial charge in [0.1, 0.15) is 5.69 Å². The fourth-order valence-electron chi connectivity index (χ4n) is 4.39. The largest absolute Gasteiger partial charge is 0.486 e. The predicted molar refractivity (Wildman–Crippen MR) is 150 cm³/mol. The van der Waals surface area contributed by atoms with Crippen molar-refractivity contribution in [1.82, 2.24) is 14.1 Å². The summed E-state index contributed by atoms with van der Waals surface area (Å²) in [6.45, 7) is 3.79. The van der Waals surface area contributed by atoms with E-state index < -0.39 is 10.0 Å². The van der Waals surface area contributed by atoms with Crippen LogP contribution in [0.1, 0.15) is 25.3 Å². The van der Waals surface area contributed by atoms with Gasteiger partial charge in [-0.1, -0.05) is 48.3 Å². The first-order valence-electron chi connectivity index (χ1n) is 12.3. The third-order valence-corrected chi connectivity index (χ3v) is 9.48. The predicted octanol–water partition coefficient (Wildman–Crippen LogP) is 3.95. The van der Waals surface area contributed by atoms with Crippen LogP contribution in [0.5, 0.6) is 5.75 Å². The van der Waals surface area contributed by atoms with Crippen LogP contribution in [0, 0.1) is 5.41 Å². The molecule has 9 nitrogen and oxygen atoms in total. The van der Waals surface area contributed by atoms with Crippen molar-refractivity contribution in [2.24, 2.45) is 5.41 Å². The number of anilines is 2. The molecule has 1 aromatic heterocycles. The second kappa shape index (κ2) is 10.4. The SMILES string of the molecule is CC1(COc2c(N3CCN(S(=O)(=O)Cc4cccc(Cl)c4N)CC3)cnn(-c3cccc(Cl)c3)c2=O)CC1. The summed E-state index contributed by atoms with van der Waals surface area (Å²) in [5.74, 6) is -0.0278. The van der Waals surface area contributed by atoms with Crippen LogP contribution in [-0.2, 0) is 15.8 Å². The zero-order chi connectivity index (χ0) is 27.1. The van der Waals surface area contributed by atoms with Gasteiger partial charge in [-0.05, 0) is 42.7 Å². The van der Waals surface area contributed by atoms with Crippen LogP contribution in [0.15, 0.2) is 53.5 Å². The van der Waals surface area contributed by atoms with Crippen molar-refractivity contribution in [3.8, 4) is 11.4 Å². The zero-order valence-corrected chi connectivity index (χ0v) is 23.3. The molecule has 1 aliphatic carbocycles. The average molecular weight is 579 g/mol. The molecule has 38 heavy (non-hydrogen) atoms. The van der Waals surface area contributed by atoms with Gasteiger partial charge in [-0.2, -0.15) is 14.1 Å². The molecule has 1 saturated heterocycles. The molecule has 2 aromatic carbocycles. The van der Waals surface area contributed by atoms with Gasteiger partial charge in [-0.3, -0.25) is 4.79 Å². The van der Waals surface area contributed by atoms with Gasteiger partial charge in [0.15, 0.2) is 0 Å². The molecule has 0 amide bonds. The van der Waals surface area contributed by atoms with Crippen LogP contribution in [-0.4, -0.2) is 55.3 Å². The molecule has 202 valence electrons. The monoisotopic (exact) mass is 577 g/mol. The number of para-hydroxylation sites is 1. The van der Waals surface area contributed by atoms with Gasteiger partial charge in [0.2, 0.25) is 15.8 Å². The van der Waals surface area contributed by atoms with E-state index in [4.69, 9.17) is 33.7 Å². The second-order valence-corrected chi connectivity index (χ2v) is 12.9. The average Bonchev–Trinajstić information content (AvgIpc) is 3.63. The van der Waals surface area contributed by atoms with Gasteiger partial charge < -0.3 is 15.4 Å². The lowest BCUT2D eigenvalue weighted by molar-refractivity contribution is 0.242. The molecular formula is C26H29Cl2N5O4S. The number of nitrogen functional groups attached to an aromatic ring is 1. The van der Waals surface area contributed by atoms with Gasteiger partial charge in [0, 0.05) is 36.6 Å². The highest BCUT2D eigenvalue weighted by Crippen LogP contribution is 2.45. The maximum absolute atomic E-state index is 13.5. The minimum atomic E-state index is -3.62. The second-order valence-electron chi connectivity index (χ2n) is 10.1. The Balaban J connectivity index is 1.37. The maximum atomic E-state index is 13.5. The minimum Gasteiger partial charge on any atom is -0.486 e. The first kappa shape index (κ1) is 26.8. The Bertz CT molecular complexity index is 1520. The highest BCUT2D eigenvalue weighted by atomic mass is 35.5. The maximum Gasteiger partial charge on any atom is 0.316 e. The quantitative estimate of drug-likeness (QED) is 0.403. The topological polar surface area (TPSA) is 111 Å². The van der Waals surface area contributed by atoms with E-state index in [2.05, 4.69) is 12.0 Å².